The molecule has 0 spiro atoms. The molecule has 2 nitrogen and oxygen atoms in total. The molecule has 1 aromatic carbocycles. The molecule has 0 amide bonds. The van der Waals surface area contributed by atoms with Gasteiger partial charge in [-0.3, -0.25) is 0 Å². The molecule has 1 aromatic heterocycles. The van der Waals surface area contributed by atoms with Crippen LogP contribution in [0.2, 0.25) is 0 Å². The lowest BCUT2D eigenvalue weighted by Gasteiger charge is -2.11. The van der Waals surface area contributed by atoms with E-state index < -0.39 is 6.10 Å². The monoisotopic (exact) mass is 244 g/mol. The summed E-state index contributed by atoms with van der Waals surface area (Å²) in [5, 5.41) is 10.2. The molecule has 0 radical (unpaired) electrons. The normalized spacial score (nSPS) is 12.9. The van der Waals surface area contributed by atoms with Crippen LogP contribution >= 0.6 is 0 Å². The second-order valence-electron chi connectivity index (χ2n) is 5.13. The fourth-order valence-electron chi connectivity index (χ4n) is 2.15. The third-order valence-electron chi connectivity index (χ3n) is 3.07. The molecule has 2 heteroatoms. The van der Waals surface area contributed by atoms with Crippen molar-refractivity contribution in [2.24, 2.45) is 5.92 Å². The van der Waals surface area contributed by atoms with Gasteiger partial charge in [-0.2, -0.15) is 0 Å². The molecule has 1 unspecified atom stereocenters. The molecule has 0 saturated heterocycles. The fraction of sp³-hybridized carbons (Fsp3) is 0.375. The number of benzene rings is 1. The Labute approximate surface area is 108 Å². The molecule has 0 aliphatic heterocycles. The summed E-state index contributed by atoms with van der Waals surface area (Å²) in [6.07, 6.45) is 0.320. The van der Waals surface area contributed by atoms with Crippen molar-refractivity contribution in [3.8, 4) is 11.3 Å². The van der Waals surface area contributed by atoms with E-state index in [-0.39, 0.29) is 0 Å². The van der Waals surface area contributed by atoms with Gasteiger partial charge in [-0.05, 0) is 25.3 Å². The van der Waals surface area contributed by atoms with E-state index in [4.69, 9.17) is 4.42 Å². The standard InChI is InChI=1S/C16H20O2/c1-11(2)9-15(17)14-10-16(18-12(14)3)13-7-5-4-6-8-13/h4-8,10-11,15,17H,9H2,1-3H3. The van der Waals surface area contributed by atoms with Crippen molar-refractivity contribution in [2.75, 3.05) is 0 Å². The van der Waals surface area contributed by atoms with E-state index in [0.717, 1.165) is 29.1 Å². The highest BCUT2D eigenvalue weighted by molar-refractivity contribution is 5.58. The lowest BCUT2D eigenvalue weighted by atomic mass is 9.99. The molecular weight excluding hydrogens is 224 g/mol. The molecule has 1 N–H and O–H groups in total. The summed E-state index contributed by atoms with van der Waals surface area (Å²) in [4.78, 5) is 0. The molecule has 18 heavy (non-hydrogen) atoms. The van der Waals surface area contributed by atoms with E-state index >= 15 is 0 Å². The first kappa shape index (κ1) is 12.9. The van der Waals surface area contributed by atoms with E-state index in [0.29, 0.717) is 5.92 Å². The zero-order valence-electron chi connectivity index (χ0n) is 11.2. The number of aryl methyl sites for hydroxylation is 1. The molecular formula is C16H20O2. The molecule has 2 rings (SSSR count). The van der Waals surface area contributed by atoms with E-state index in [1.165, 1.54) is 0 Å². The van der Waals surface area contributed by atoms with Crippen molar-refractivity contribution in [3.63, 3.8) is 0 Å². The fourth-order valence-corrected chi connectivity index (χ4v) is 2.15. The van der Waals surface area contributed by atoms with Crippen LogP contribution in [0.5, 0.6) is 0 Å². The van der Waals surface area contributed by atoms with E-state index in [1.54, 1.807) is 0 Å². The summed E-state index contributed by atoms with van der Waals surface area (Å²) >= 11 is 0. The van der Waals surface area contributed by atoms with Crippen molar-refractivity contribution in [2.45, 2.75) is 33.3 Å². The van der Waals surface area contributed by atoms with Gasteiger partial charge in [0.2, 0.25) is 0 Å². The Morgan fingerprint density at radius 2 is 1.83 bits per heavy atom. The maximum atomic E-state index is 10.2. The van der Waals surface area contributed by atoms with Crippen LogP contribution in [0.25, 0.3) is 11.3 Å². The zero-order valence-corrected chi connectivity index (χ0v) is 11.2. The van der Waals surface area contributed by atoms with Gasteiger partial charge in [0, 0.05) is 11.1 Å². The summed E-state index contributed by atoms with van der Waals surface area (Å²) in [7, 11) is 0. The van der Waals surface area contributed by atoms with Gasteiger partial charge in [0.1, 0.15) is 11.5 Å². The van der Waals surface area contributed by atoms with Crippen LogP contribution in [0.4, 0.5) is 0 Å². The van der Waals surface area contributed by atoms with Crippen molar-refractivity contribution < 1.29 is 9.52 Å². The van der Waals surface area contributed by atoms with Gasteiger partial charge in [0.25, 0.3) is 0 Å². The molecule has 1 heterocycles. The minimum absolute atomic E-state index is 0.439. The Kier molecular flexibility index (Phi) is 3.87. The number of hydrogen-bond donors (Lipinski definition) is 1. The Morgan fingerprint density at radius 1 is 1.17 bits per heavy atom. The van der Waals surface area contributed by atoms with Crippen molar-refractivity contribution >= 4 is 0 Å². The Bertz CT molecular complexity index is 497. The maximum Gasteiger partial charge on any atom is 0.134 e. The van der Waals surface area contributed by atoms with Gasteiger partial charge in [-0.15, -0.1) is 0 Å². The van der Waals surface area contributed by atoms with E-state index in [2.05, 4.69) is 13.8 Å². The molecule has 0 aliphatic rings. The highest BCUT2D eigenvalue weighted by Gasteiger charge is 2.17. The lowest BCUT2D eigenvalue weighted by Crippen LogP contribution is -2.01. The third-order valence-corrected chi connectivity index (χ3v) is 3.07. The number of aliphatic hydroxyl groups is 1. The Morgan fingerprint density at radius 3 is 2.44 bits per heavy atom. The van der Waals surface area contributed by atoms with Crippen molar-refractivity contribution in [3.05, 3.63) is 47.7 Å². The molecule has 0 bridgehead atoms. The quantitative estimate of drug-likeness (QED) is 0.868. The summed E-state index contributed by atoms with van der Waals surface area (Å²) < 4.78 is 5.74. The number of rotatable bonds is 4. The van der Waals surface area contributed by atoms with Crippen LogP contribution < -0.4 is 0 Å². The molecule has 0 fully saturated rings. The molecule has 0 aliphatic carbocycles. The van der Waals surface area contributed by atoms with Crippen LogP contribution in [-0.2, 0) is 0 Å². The predicted molar refractivity (Wildman–Crippen MR) is 73.3 cm³/mol. The second-order valence-corrected chi connectivity index (χ2v) is 5.13. The van der Waals surface area contributed by atoms with Crippen LogP contribution in [0.3, 0.4) is 0 Å². The smallest absolute Gasteiger partial charge is 0.134 e. The first-order chi connectivity index (χ1) is 8.58. The van der Waals surface area contributed by atoms with Crippen LogP contribution in [-0.4, -0.2) is 5.11 Å². The van der Waals surface area contributed by atoms with Gasteiger partial charge in [0.15, 0.2) is 0 Å². The summed E-state index contributed by atoms with van der Waals surface area (Å²) in [5.74, 6) is 2.10. The highest BCUT2D eigenvalue weighted by atomic mass is 16.3. The average Bonchev–Trinajstić information content (AvgIpc) is 2.72. The second kappa shape index (κ2) is 5.40. The highest BCUT2D eigenvalue weighted by Crippen LogP contribution is 2.31. The SMILES string of the molecule is Cc1oc(-c2ccccc2)cc1C(O)CC(C)C. The number of aliphatic hydroxyl groups excluding tert-OH is 1. The number of hydrogen-bond acceptors (Lipinski definition) is 2. The minimum Gasteiger partial charge on any atom is -0.461 e. The van der Waals surface area contributed by atoms with E-state index in [1.807, 2.05) is 43.3 Å². The van der Waals surface area contributed by atoms with Crippen LogP contribution in [0.1, 0.15) is 37.7 Å². The molecule has 1 atom stereocenters. The Balaban J connectivity index is 2.27. The van der Waals surface area contributed by atoms with Gasteiger partial charge < -0.3 is 9.52 Å². The summed E-state index contributed by atoms with van der Waals surface area (Å²) in [5.41, 5.74) is 1.95. The van der Waals surface area contributed by atoms with Gasteiger partial charge in [0.05, 0.1) is 6.10 Å². The lowest BCUT2D eigenvalue weighted by molar-refractivity contribution is 0.149. The van der Waals surface area contributed by atoms with Gasteiger partial charge >= 0.3 is 0 Å². The predicted octanol–water partition coefficient (Wildman–Crippen LogP) is 4.33. The largest absolute Gasteiger partial charge is 0.461 e. The van der Waals surface area contributed by atoms with Crippen molar-refractivity contribution in [1.29, 1.82) is 0 Å². The van der Waals surface area contributed by atoms with Gasteiger partial charge in [-0.25, -0.2) is 0 Å². The van der Waals surface area contributed by atoms with E-state index in [9.17, 15) is 5.11 Å². The van der Waals surface area contributed by atoms with Crippen molar-refractivity contribution in [1.82, 2.24) is 0 Å². The number of furan rings is 1. The summed E-state index contributed by atoms with van der Waals surface area (Å²) in [6.45, 7) is 6.12. The first-order valence-corrected chi connectivity index (χ1v) is 6.41. The van der Waals surface area contributed by atoms with Crippen LogP contribution in [0.15, 0.2) is 40.8 Å². The first-order valence-electron chi connectivity index (χ1n) is 6.41. The van der Waals surface area contributed by atoms with Crippen LogP contribution in [0, 0.1) is 12.8 Å². The average molecular weight is 244 g/mol. The Hall–Kier alpha value is -1.54. The molecule has 0 saturated carbocycles. The summed E-state index contributed by atoms with van der Waals surface area (Å²) in [6, 6.07) is 11.9. The minimum atomic E-state index is -0.439. The maximum absolute atomic E-state index is 10.2. The van der Waals surface area contributed by atoms with Gasteiger partial charge in [-0.1, -0.05) is 44.2 Å². The molecule has 96 valence electrons. The topological polar surface area (TPSA) is 33.4 Å². The zero-order chi connectivity index (χ0) is 13.1. The molecule has 2 aromatic rings. The third kappa shape index (κ3) is 2.82.